The Labute approximate surface area is 110 Å². The van der Waals surface area contributed by atoms with Crippen molar-refractivity contribution in [2.24, 2.45) is 5.73 Å². The Morgan fingerprint density at radius 1 is 1.41 bits per heavy atom. The molecule has 0 aliphatic heterocycles. The summed E-state index contributed by atoms with van der Waals surface area (Å²) in [7, 11) is 0. The van der Waals surface area contributed by atoms with E-state index in [0.717, 1.165) is 12.1 Å². The Morgan fingerprint density at radius 2 is 1.94 bits per heavy atom. The van der Waals surface area contributed by atoms with Crippen molar-refractivity contribution in [3.8, 4) is 0 Å². The number of thiocarbonyl (C=S) groups is 1. The first kappa shape index (κ1) is 14.0. The third-order valence-electron chi connectivity index (χ3n) is 1.89. The van der Waals surface area contributed by atoms with Crippen LogP contribution in [-0.4, -0.2) is 17.4 Å². The van der Waals surface area contributed by atoms with Crippen molar-refractivity contribution in [1.82, 2.24) is 5.32 Å². The highest BCUT2D eigenvalue weighted by molar-refractivity contribution is 9.10. The van der Waals surface area contributed by atoms with E-state index in [1.54, 1.807) is 0 Å². The predicted octanol–water partition coefficient (Wildman–Crippen LogP) is 2.13. The number of halogens is 3. The van der Waals surface area contributed by atoms with E-state index in [9.17, 15) is 13.6 Å². The molecule has 0 spiro atoms. The van der Waals surface area contributed by atoms with Gasteiger partial charge in [-0.05, 0) is 12.1 Å². The number of carbonyl (C=O) groups excluding carboxylic acids is 1. The van der Waals surface area contributed by atoms with Crippen LogP contribution in [0.25, 0.3) is 0 Å². The van der Waals surface area contributed by atoms with Crippen molar-refractivity contribution in [3.63, 3.8) is 0 Å². The monoisotopic (exact) mass is 322 g/mol. The van der Waals surface area contributed by atoms with Crippen molar-refractivity contribution in [2.75, 3.05) is 6.54 Å². The molecule has 0 fully saturated rings. The number of benzene rings is 1. The van der Waals surface area contributed by atoms with Gasteiger partial charge in [-0.1, -0.05) is 28.1 Å². The molecule has 1 aromatic rings. The third kappa shape index (κ3) is 4.01. The Morgan fingerprint density at radius 3 is 2.41 bits per heavy atom. The molecule has 1 rings (SSSR count). The molecule has 0 aliphatic carbocycles. The maximum Gasteiger partial charge on any atom is 0.257 e. The Kier molecular flexibility index (Phi) is 4.95. The molecule has 0 bridgehead atoms. The highest BCUT2D eigenvalue weighted by Crippen LogP contribution is 2.19. The van der Waals surface area contributed by atoms with E-state index in [1.807, 2.05) is 0 Å². The van der Waals surface area contributed by atoms with Crippen molar-refractivity contribution in [2.45, 2.75) is 6.42 Å². The van der Waals surface area contributed by atoms with E-state index in [4.69, 9.17) is 5.73 Å². The quantitative estimate of drug-likeness (QED) is 0.835. The minimum absolute atomic E-state index is 0.142. The third-order valence-corrected chi connectivity index (χ3v) is 2.55. The van der Waals surface area contributed by atoms with Crippen LogP contribution in [-0.2, 0) is 0 Å². The molecule has 0 atom stereocenters. The smallest absolute Gasteiger partial charge is 0.257 e. The van der Waals surface area contributed by atoms with E-state index in [-0.39, 0.29) is 22.4 Å². The second kappa shape index (κ2) is 6.02. The number of amides is 1. The molecule has 17 heavy (non-hydrogen) atoms. The Hall–Kier alpha value is -1.08. The minimum Gasteiger partial charge on any atom is -0.393 e. The molecule has 0 radical (unpaired) electrons. The summed E-state index contributed by atoms with van der Waals surface area (Å²) in [5.41, 5.74) is 4.61. The largest absolute Gasteiger partial charge is 0.393 e. The number of carbonyl (C=O) groups is 1. The van der Waals surface area contributed by atoms with Crippen LogP contribution >= 0.6 is 28.1 Å². The van der Waals surface area contributed by atoms with Gasteiger partial charge in [-0.2, -0.15) is 0 Å². The van der Waals surface area contributed by atoms with Gasteiger partial charge in [-0.3, -0.25) is 4.79 Å². The molecule has 0 saturated carbocycles. The van der Waals surface area contributed by atoms with E-state index >= 15 is 0 Å². The lowest BCUT2D eigenvalue weighted by atomic mass is 10.2. The average Bonchev–Trinajstić information content (AvgIpc) is 2.14. The number of nitrogens with one attached hydrogen (secondary N) is 1. The first-order valence-corrected chi connectivity index (χ1v) is 5.83. The average molecular weight is 323 g/mol. The van der Waals surface area contributed by atoms with Crippen LogP contribution in [0.3, 0.4) is 0 Å². The second-order valence-electron chi connectivity index (χ2n) is 3.22. The van der Waals surface area contributed by atoms with Crippen LogP contribution in [0.4, 0.5) is 8.78 Å². The highest BCUT2D eigenvalue weighted by atomic mass is 79.9. The summed E-state index contributed by atoms with van der Waals surface area (Å²) in [6.45, 7) is 0.142. The fourth-order valence-corrected chi connectivity index (χ4v) is 1.65. The van der Waals surface area contributed by atoms with Gasteiger partial charge in [0.15, 0.2) is 0 Å². The maximum atomic E-state index is 13.4. The van der Waals surface area contributed by atoms with Crippen LogP contribution in [0.1, 0.15) is 16.8 Å². The van der Waals surface area contributed by atoms with Crippen LogP contribution in [0.5, 0.6) is 0 Å². The van der Waals surface area contributed by atoms with Gasteiger partial charge < -0.3 is 11.1 Å². The molecule has 3 nitrogen and oxygen atoms in total. The van der Waals surface area contributed by atoms with Gasteiger partial charge in [-0.25, -0.2) is 8.78 Å². The van der Waals surface area contributed by atoms with Crippen molar-refractivity contribution >= 4 is 39.0 Å². The zero-order valence-electron chi connectivity index (χ0n) is 8.60. The molecular weight excluding hydrogens is 314 g/mol. The summed E-state index contributed by atoms with van der Waals surface area (Å²) >= 11 is 7.53. The van der Waals surface area contributed by atoms with Gasteiger partial charge in [0.05, 0.1) is 4.99 Å². The molecule has 3 N–H and O–H groups in total. The standard InChI is InChI=1S/C10H9BrF2N2OS/c11-5-3-6(12)9(7(13)4-5)10(16)15-2-1-8(14)17/h3-4H,1-2H2,(H2,14,17)(H,15,16). The van der Waals surface area contributed by atoms with Crippen molar-refractivity contribution in [1.29, 1.82) is 0 Å². The lowest BCUT2D eigenvalue weighted by Crippen LogP contribution is -2.28. The summed E-state index contributed by atoms with van der Waals surface area (Å²) < 4.78 is 27.0. The molecule has 0 unspecified atom stereocenters. The first-order chi connectivity index (χ1) is 7.91. The zero-order valence-corrected chi connectivity index (χ0v) is 11.0. The van der Waals surface area contributed by atoms with Gasteiger partial charge in [0.25, 0.3) is 5.91 Å². The van der Waals surface area contributed by atoms with Crippen LogP contribution in [0.2, 0.25) is 0 Å². The number of rotatable bonds is 4. The van der Waals surface area contributed by atoms with Gasteiger partial charge in [0.1, 0.15) is 17.2 Å². The van der Waals surface area contributed by atoms with Gasteiger partial charge in [-0.15, -0.1) is 0 Å². The van der Waals surface area contributed by atoms with Gasteiger partial charge in [0, 0.05) is 17.4 Å². The lowest BCUT2D eigenvalue weighted by molar-refractivity contribution is 0.0946. The van der Waals surface area contributed by atoms with E-state index in [2.05, 4.69) is 33.5 Å². The molecule has 1 amide bonds. The molecule has 0 aliphatic rings. The number of hydrogen-bond donors (Lipinski definition) is 2. The summed E-state index contributed by atoms with van der Waals surface area (Å²) in [6, 6.07) is 2.04. The normalized spacial score (nSPS) is 10.1. The molecule has 7 heteroatoms. The Bertz CT molecular complexity index is 445. The van der Waals surface area contributed by atoms with Gasteiger partial charge in [0.2, 0.25) is 0 Å². The highest BCUT2D eigenvalue weighted by Gasteiger charge is 2.17. The second-order valence-corrected chi connectivity index (χ2v) is 4.66. The van der Waals surface area contributed by atoms with Gasteiger partial charge >= 0.3 is 0 Å². The topological polar surface area (TPSA) is 55.1 Å². The molecule has 0 heterocycles. The fourth-order valence-electron chi connectivity index (χ4n) is 1.15. The molecule has 92 valence electrons. The molecule has 1 aromatic carbocycles. The van der Waals surface area contributed by atoms with Crippen molar-refractivity contribution in [3.05, 3.63) is 33.8 Å². The minimum atomic E-state index is -0.926. The molecule has 0 saturated heterocycles. The van der Waals surface area contributed by atoms with Crippen molar-refractivity contribution < 1.29 is 13.6 Å². The predicted molar refractivity (Wildman–Crippen MR) is 67.8 cm³/mol. The molecule has 0 aromatic heterocycles. The van der Waals surface area contributed by atoms with E-state index in [1.165, 1.54) is 0 Å². The fraction of sp³-hybridized carbons (Fsp3) is 0.200. The van der Waals surface area contributed by atoms with Crippen LogP contribution in [0.15, 0.2) is 16.6 Å². The maximum absolute atomic E-state index is 13.4. The first-order valence-electron chi connectivity index (χ1n) is 4.63. The lowest BCUT2D eigenvalue weighted by Gasteiger charge is -2.07. The summed E-state index contributed by atoms with van der Waals surface area (Å²) in [4.78, 5) is 11.7. The molecular formula is C10H9BrF2N2OS. The van der Waals surface area contributed by atoms with E-state index < -0.39 is 23.1 Å². The number of nitrogens with two attached hydrogens (primary N) is 1. The van der Waals surface area contributed by atoms with E-state index in [0.29, 0.717) is 0 Å². The summed E-state index contributed by atoms with van der Waals surface area (Å²) in [5.74, 6) is -2.68. The Balaban J connectivity index is 2.79. The van der Waals surface area contributed by atoms with Crippen LogP contribution in [0, 0.1) is 11.6 Å². The van der Waals surface area contributed by atoms with Crippen LogP contribution < -0.4 is 11.1 Å². The summed E-state index contributed by atoms with van der Waals surface area (Å²) in [5, 5.41) is 2.33. The summed E-state index contributed by atoms with van der Waals surface area (Å²) in [6.07, 6.45) is 0.279. The SMILES string of the molecule is NC(=S)CCNC(=O)c1c(F)cc(Br)cc1F. The zero-order chi connectivity index (χ0) is 13.0. The number of hydrogen-bond acceptors (Lipinski definition) is 2.